The van der Waals surface area contributed by atoms with Crippen LogP contribution >= 0.6 is 0 Å². The number of sulfone groups is 1. The van der Waals surface area contributed by atoms with Gasteiger partial charge in [0.15, 0.2) is 9.84 Å². The first-order valence-corrected chi connectivity index (χ1v) is 9.73. The summed E-state index contributed by atoms with van der Waals surface area (Å²) in [5, 5.41) is 6.09. The summed E-state index contributed by atoms with van der Waals surface area (Å²) in [5.41, 5.74) is 2.53. The second-order valence-corrected chi connectivity index (χ2v) is 8.22. The quantitative estimate of drug-likeness (QED) is 0.872. The molecule has 0 unspecified atom stereocenters. The van der Waals surface area contributed by atoms with Crippen LogP contribution in [0.2, 0.25) is 0 Å². The Morgan fingerprint density at radius 1 is 1.08 bits per heavy atom. The van der Waals surface area contributed by atoms with E-state index in [4.69, 9.17) is 0 Å². The number of amides is 1. The molecular weight excluding hydrogens is 324 g/mol. The van der Waals surface area contributed by atoms with Crippen LogP contribution in [-0.2, 0) is 16.4 Å². The van der Waals surface area contributed by atoms with E-state index >= 15 is 0 Å². The summed E-state index contributed by atoms with van der Waals surface area (Å²) in [6.45, 7) is 0.673. The maximum Gasteiger partial charge on any atom is 0.251 e. The van der Waals surface area contributed by atoms with Crippen LogP contribution in [0.25, 0.3) is 0 Å². The molecule has 0 aromatic heterocycles. The van der Waals surface area contributed by atoms with Gasteiger partial charge in [0.2, 0.25) is 0 Å². The predicted molar refractivity (Wildman–Crippen MR) is 94.7 cm³/mol. The number of nitrogens with one attached hydrogen (secondary N) is 2. The first-order chi connectivity index (χ1) is 11.5. The molecule has 2 aromatic rings. The second kappa shape index (κ2) is 7.05. The van der Waals surface area contributed by atoms with Gasteiger partial charge in [-0.2, -0.15) is 0 Å². The Labute approximate surface area is 142 Å². The van der Waals surface area contributed by atoms with Gasteiger partial charge in [-0.15, -0.1) is 0 Å². The number of hydrogen-bond donors (Lipinski definition) is 2. The molecule has 1 saturated heterocycles. The zero-order valence-electron chi connectivity index (χ0n) is 13.2. The fourth-order valence-electron chi connectivity index (χ4n) is 2.75. The Morgan fingerprint density at radius 3 is 2.58 bits per heavy atom. The molecule has 2 aromatic carbocycles. The topological polar surface area (TPSA) is 75.3 Å². The van der Waals surface area contributed by atoms with Crippen molar-refractivity contribution in [1.82, 2.24) is 5.32 Å². The van der Waals surface area contributed by atoms with Gasteiger partial charge >= 0.3 is 0 Å². The van der Waals surface area contributed by atoms with Gasteiger partial charge in [0.25, 0.3) is 5.91 Å². The lowest BCUT2D eigenvalue weighted by Crippen LogP contribution is -2.35. The Bertz CT molecular complexity index is 819. The highest BCUT2D eigenvalue weighted by molar-refractivity contribution is 7.91. The van der Waals surface area contributed by atoms with E-state index in [0.29, 0.717) is 18.5 Å². The van der Waals surface area contributed by atoms with Crippen LogP contribution in [0, 0.1) is 0 Å². The molecule has 1 atom stereocenters. The van der Waals surface area contributed by atoms with Crippen molar-refractivity contribution in [1.29, 1.82) is 0 Å². The molecule has 6 heteroatoms. The highest BCUT2D eigenvalue weighted by Gasteiger charge is 2.29. The lowest BCUT2D eigenvalue weighted by molar-refractivity contribution is 0.0941. The zero-order valence-corrected chi connectivity index (χ0v) is 14.1. The van der Waals surface area contributed by atoms with Gasteiger partial charge < -0.3 is 10.6 Å². The van der Waals surface area contributed by atoms with E-state index in [1.54, 1.807) is 12.1 Å². The molecule has 1 amide bonds. The van der Waals surface area contributed by atoms with Gasteiger partial charge in [-0.1, -0.05) is 36.4 Å². The van der Waals surface area contributed by atoms with Crippen LogP contribution in [0.4, 0.5) is 5.69 Å². The molecule has 5 nitrogen and oxygen atoms in total. The summed E-state index contributed by atoms with van der Waals surface area (Å²) < 4.78 is 22.9. The molecule has 0 spiro atoms. The highest BCUT2D eigenvalue weighted by Crippen LogP contribution is 2.15. The van der Waals surface area contributed by atoms with Crippen molar-refractivity contribution in [2.24, 2.45) is 0 Å². The number of hydrogen-bond acceptors (Lipinski definition) is 4. The van der Waals surface area contributed by atoms with Crippen molar-refractivity contribution < 1.29 is 13.2 Å². The summed E-state index contributed by atoms with van der Waals surface area (Å²) in [5.74, 6) is -0.0538. The summed E-state index contributed by atoms with van der Waals surface area (Å²) in [4.78, 5) is 12.3. The van der Waals surface area contributed by atoms with E-state index in [-0.39, 0.29) is 23.5 Å². The second-order valence-electron chi connectivity index (χ2n) is 5.99. The molecule has 0 radical (unpaired) electrons. The van der Waals surface area contributed by atoms with Crippen molar-refractivity contribution >= 4 is 21.4 Å². The molecule has 2 N–H and O–H groups in total. The van der Waals surface area contributed by atoms with Crippen LogP contribution in [0.15, 0.2) is 54.6 Å². The summed E-state index contributed by atoms with van der Waals surface area (Å²) in [6.07, 6.45) is 0.486. The third-order valence-electron chi connectivity index (χ3n) is 4.03. The minimum absolute atomic E-state index is 0.0324. The van der Waals surface area contributed by atoms with Crippen molar-refractivity contribution in [3.8, 4) is 0 Å². The van der Waals surface area contributed by atoms with Gasteiger partial charge in [0.05, 0.1) is 11.5 Å². The number of benzene rings is 2. The Morgan fingerprint density at radius 2 is 1.88 bits per heavy atom. The van der Waals surface area contributed by atoms with Crippen molar-refractivity contribution in [3.05, 3.63) is 65.7 Å². The number of rotatable bonds is 5. The maximum absolute atomic E-state index is 12.3. The van der Waals surface area contributed by atoms with Gasteiger partial charge in [-0.05, 0) is 30.2 Å². The standard InChI is InChI=1S/C18H20N2O3S/c21-18(20-17-9-10-24(22,23)13-17)15-7-4-8-16(11-15)19-12-14-5-2-1-3-6-14/h1-8,11,17,19H,9-10,12-13H2,(H,20,21)/t17-/m0/s1. The average Bonchev–Trinajstić information content (AvgIpc) is 2.93. The third kappa shape index (κ3) is 4.35. The van der Waals surface area contributed by atoms with Crippen LogP contribution in [0.5, 0.6) is 0 Å². The molecule has 1 aliphatic rings. The number of anilines is 1. The van der Waals surface area contributed by atoms with Crippen molar-refractivity contribution in [2.45, 2.75) is 19.0 Å². The predicted octanol–water partition coefficient (Wildman–Crippen LogP) is 2.22. The molecule has 0 bridgehead atoms. The smallest absolute Gasteiger partial charge is 0.251 e. The third-order valence-corrected chi connectivity index (χ3v) is 5.80. The monoisotopic (exact) mass is 344 g/mol. The van der Waals surface area contributed by atoms with Crippen LogP contribution in [0.1, 0.15) is 22.3 Å². The summed E-state index contributed by atoms with van der Waals surface area (Å²) in [6, 6.07) is 16.9. The van der Waals surface area contributed by atoms with E-state index in [2.05, 4.69) is 10.6 Å². The fraction of sp³-hybridized carbons (Fsp3) is 0.278. The number of carbonyl (C=O) groups is 1. The largest absolute Gasteiger partial charge is 0.381 e. The first kappa shape index (κ1) is 16.5. The van der Waals surface area contributed by atoms with E-state index < -0.39 is 9.84 Å². The van der Waals surface area contributed by atoms with Crippen LogP contribution in [0.3, 0.4) is 0 Å². The van der Waals surface area contributed by atoms with E-state index in [1.165, 1.54) is 0 Å². The molecule has 1 heterocycles. The Hall–Kier alpha value is -2.34. The molecule has 0 aliphatic carbocycles. The Balaban J connectivity index is 1.61. The summed E-state index contributed by atoms with van der Waals surface area (Å²) >= 11 is 0. The van der Waals surface area contributed by atoms with Gasteiger partial charge in [0, 0.05) is 23.8 Å². The minimum atomic E-state index is -3.00. The van der Waals surface area contributed by atoms with E-state index in [1.807, 2.05) is 42.5 Å². The van der Waals surface area contributed by atoms with Crippen molar-refractivity contribution in [2.75, 3.05) is 16.8 Å². The van der Waals surface area contributed by atoms with Crippen molar-refractivity contribution in [3.63, 3.8) is 0 Å². The fourth-order valence-corrected chi connectivity index (χ4v) is 4.42. The maximum atomic E-state index is 12.3. The average molecular weight is 344 g/mol. The normalized spacial score (nSPS) is 18.9. The van der Waals surface area contributed by atoms with E-state index in [9.17, 15) is 13.2 Å². The highest BCUT2D eigenvalue weighted by atomic mass is 32.2. The molecule has 24 heavy (non-hydrogen) atoms. The minimum Gasteiger partial charge on any atom is -0.381 e. The first-order valence-electron chi connectivity index (χ1n) is 7.91. The lowest BCUT2D eigenvalue weighted by atomic mass is 10.1. The molecular formula is C18H20N2O3S. The molecule has 0 saturated carbocycles. The number of carbonyl (C=O) groups excluding carboxylic acids is 1. The SMILES string of the molecule is O=C(N[C@H]1CCS(=O)(=O)C1)c1cccc(NCc2ccccc2)c1. The molecule has 3 rings (SSSR count). The molecule has 1 aliphatic heterocycles. The Kier molecular flexibility index (Phi) is 4.85. The van der Waals surface area contributed by atoms with Crippen LogP contribution < -0.4 is 10.6 Å². The summed E-state index contributed by atoms with van der Waals surface area (Å²) in [7, 11) is -3.00. The molecule has 126 valence electrons. The lowest BCUT2D eigenvalue weighted by Gasteiger charge is -2.12. The van der Waals surface area contributed by atoms with Gasteiger partial charge in [-0.25, -0.2) is 8.42 Å². The molecule has 1 fully saturated rings. The zero-order chi connectivity index (χ0) is 17.0. The van der Waals surface area contributed by atoms with Crippen LogP contribution in [-0.4, -0.2) is 31.9 Å². The van der Waals surface area contributed by atoms with Gasteiger partial charge in [0.1, 0.15) is 0 Å². The van der Waals surface area contributed by atoms with E-state index in [0.717, 1.165) is 11.3 Å². The van der Waals surface area contributed by atoms with Gasteiger partial charge in [-0.3, -0.25) is 4.79 Å².